The lowest BCUT2D eigenvalue weighted by molar-refractivity contribution is -0.140. The minimum absolute atomic E-state index is 0.0728. The van der Waals surface area contributed by atoms with Crippen LogP contribution < -0.4 is 4.74 Å². The van der Waals surface area contributed by atoms with Crippen LogP contribution in [0.5, 0.6) is 5.75 Å². The Kier molecular flexibility index (Phi) is 6.31. The summed E-state index contributed by atoms with van der Waals surface area (Å²) in [5.41, 5.74) is 1.48. The standard InChI is InChI=1S/C26H21FN2O4/c1-2-13-33-21-7-3-6-19(14-21)23-22(24(30)18-8-10-20(27)11-9-18)25(31)26(32)29(23)16-17-5-4-12-28-15-17/h2-12,14-15,23,30H,1,13,16H2/t23-/m0/s1. The third-order valence-electron chi connectivity index (χ3n) is 5.28. The zero-order chi connectivity index (χ0) is 23.4. The Hall–Kier alpha value is -4.26. The van der Waals surface area contributed by atoms with E-state index in [9.17, 15) is 19.1 Å². The first-order valence-electron chi connectivity index (χ1n) is 10.3. The summed E-state index contributed by atoms with van der Waals surface area (Å²) >= 11 is 0. The van der Waals surface area contributed by atoms with Crippen LogP contribution >= 0.6 is 0 Å². The van der Waals surface area contributed by atoms with Crippen molar-refractivity contribution in [1.29, 1.82) is 0 Å². The smallest absolute Gasteiger partial charge is 0.295 e. The van der Waals surface area contributed by atoms with Gasteiger partial charge in [0.05, 0.1) is 11.6 Å². The summed E-state index contributed by atoms with van der Waals surface area (Å²) in [5, 5.41) is 11.0. The molecule has 1 N–H and O–H groups in total. The molecule has 4 rings (SSSR count). The fourth-order valence-electron chi connectivity index (χ4n) is 3.77. The third-order valence-corrected chi connectivity index (χ3v) is 5.28. The van der Waals surface area contributed by atoms with E-state index in [1.165, 1.54) is 29.2 Å². The average Bonchev–Trinajstić information content (AvgIpc) is 3.08. The first kappa shape index (κ1) is 22.0. The predicted molar refractivity (Wildman–Crippen MR) is 121 cm³/mol. The maximum atomic E-state index is 13.4. The van der Waals surface area contributed by atoms with E-state index in [2.05, 4.69) is 11.6 Å². The molecule has 33 heavy (non-hydrogen) atoms. The highest BCUT2D eigenvalue weighted by Gasteiger charge is 2.46. The highest BCUT2D eigenvalue weighted by molar-refractivity contribution is 6.46. The number of likely N-dealkylation sites (tertiary alicyclic amines) is 1. The van der Waals surface area contributed by atoms with Crippen molar-refractivity contribution in [2.45, 2.75) is 12.6 Å². The number of carbonyl (C=O) groups is 2. The lowest BCUT2D eigenvalue weighted by atomic mass is 9.95. The summed E-state index contributed by atoms with van der Waals surface area (Å²) in [7, 11) is 0. The Morgan fingerprint density at radius 1 is 1.15 bits per heavy atom. The van der Waals surface area contributed by atoms with E-state index in [-0.39, 0.29) is 30.0 Å². The van der Waals surface area contributed by atoms with Crippen molar-refractivity contribution in [1.82, 2.24) is 9.88 Å². The van der Waals surface area contributed by atoms with Crippen LogP contribution in [0.4, 0.5) is 4.39 Å². The molecule has 0 aliphatic carbocycles. The monoisotopic (exact) mass is 444 g/mol. The van der Waals surface area contributed by atoms with Crippen molar-refractivity contribution in [2.75, 3.05) is 6.61 Å². The van der Waals surface area contributed by atoms with Gasteiger partial charge >= 0.3 is 0 Å². The van der Waals surface area contributed by atoms with Crippen molar-refractivity contribution in [3.05, 3.63) is 114 Å². The first-order valence-corrected chi connectivity index (χ1v) is 10.3. The van der Waals surface area contributed by atoms with Crippen LogP contribution in [-0.2, 0) is 16.1 Å². The van der Waals surface area contributed by atoms with Crippen molar-refractivity contribution < 1.29 is 23.8 Å². The summed E-state index contributed by atoms with van der Waals surface area (Å²) in [5.74, 6) is -1.88. The van der Waals surface area contributed by atoms with Gasteiger partial charge in [0.1, 0.15) is 23.9 Å². The molecule has 1 fully saturated rings. The van der Waals surface area contributed by atoms with E-state index in [4.69, 9.17) is 4.74 Å². The van der Waals surface area contributed by atoms with Crippen LogP contribution in [0.3, 0.4) is 0 Å². The van der Waals surface area contributed by atoms with E-state index in [1.807, 2.05) is 0 Å². The van der Waals surface area contributed by atoms with Gasteiger partial charge in [-0.1, -0.05) is 30.9 Å². The summed E-state index contributed by atoms with van der Waals surface area (Å²) in [6.45, 7) is 4.03. The van der Waals surface area contributed by atoms with E-state index < -0.39 is 23.5 Å². The molecule has 0 radical (unpaired) electrons. The maximum Gasteiger partial charge on any atom is 0.295 e. The highest BCUT2D eigenvalue weighted by Crippen LogP contribution is 2.41. The van der Waals surface area contributed by atoms with Crippen LogP contribution in [0.2, 0.25) is 0 Å². The fourth-order valence-corrected chi connectivity index (χ4v) is 3.77. The number of aliphatic hydroxyl groups is 1. The van der Waals surface area contributed by atoms with E-state index in [1.54, 1.807) is 54.9 Å². The van der Waals surface area contributed by atoms with Crippen molar-refractivity contribution in [3.63, 3.8) is 0 Å². The molecule has 3 aromatic rings. The second-order valence-corrected chi connectivity index (χ2v) is 7.47. The molecule has 0 spiro atoms. The molecule has 7 heteroatoms. The molecule has 1 amide bonds. The number of rotatable bonds is 7. The molecule has 0 saturated carbocycles. The number of amides is 1. The minimum atomic E-state index is -0.873. The topological polar surface area (TPSA) is 79.7 Å². The lowest BCUT2D eigenvalue weighted by Crippen LogP contribution is -2.29. The van der Waals surface area contributed by atoms with Gasteiger partial charge in [-0.25, -0.2) is 4.39 Å². The van der Waals surface area contributed by atoms with Gasteiger partial charge in [-0.15, -0.1) is 0 Å². The number of aromatic nitrogens is 1. The summed E-state index contributed by atoms with van der Waals surface area (Å²) in [6.07, 6.45) is 4.83. The normalized spacial score (nSPS) is 17.2. The SMILES string of the molecule is C=CCOc1cccc([C@H]2C(=C(O)c3ccc(F)cc3)C(=O)C(=O)N2Cc2cccnc2)c1. The van der Waals surface area contributed by atoms with E-state index >= 15 is 0 Å². The number of benzene rings is 2. The number of ether oxygens (including phenoxy) is 1. The Balaban J connectivity index is 1.84. The molecule has 2 heterocycles. The van der Waals surface area contributed by atoms with E-state index in [0.717, 1.165) is 5.56 Å². The Labute approximate surface area is 190 Å². The number of pyridine rings is 1. The summed E-state index contributed by atoms with van der Waals surface area (Å²) in [4.78, 5) is 31.6. The molecule has 1 aromatic heterocycles. The average molecular weight is 444 g/mol. The third kappa shape index (κ3) is 4.52. The number of halogens is 1. The molecule has 0 unspecified atom stereocenters. The maximum absolute atomic E-state index is 13.4. The summed E-state index contributed by atoms with van der Waals surface area (Å²) in [6, 6.07) is 14.7. The number of nitrogens with zero attached hydrogens (tertiary/aromatic N) is 2. The second kappa shape index (κ2) is 9.48. The number of hydrogen-bond donors (Lipinski definition) is 1. The molecule has 166 valence electrons. The molecule has 2 aromatic carbocycles. The zero-order valence-corrected chi connectivity index (χ0v) is 17.6. The van der Waals surface area contributed by atoms with Gasteiger partial charge in [-0.3, -0.25) is 14.6 Å². The molecular formula is C26H21FN2O4. The molecule has 1 aliphatic rings. The first-order chi connectivity index (χ1) is 16.0. The van der Waals surface area contributed by atoms with Gasteiger partial charge in [0.2, 0.25) is 0 Å². The number of hydrogen-bond acceptors (Lipinski definition) is 5. The fraction of sp³-hybridized carbons (Fsp3) is 0.115. The molecular weight excluding hydrogens is 423 g/mol. The van der Waals surface area contributed by atoms with Gasteiger partial charge in [0.15, 0.2) is 0 Å². The largest absolute Gasteiger partial charge is 0.507 e. The number of ketones is 1. The van der Waals surface area contributed by atoms with Gasteiger partial charge in [0, 0.05) is 24.5 Å². The number of carbonyl (C=O) groups excluding carboxylic acids is 2. The van der Waals surface area contributed by atoms with Crippen LogP contribution in [0.25, 0.3) is 5.76 Å². The zero-order valence-electron chi connectivity index (χ0n) is 17.6. The van der Waals surface area contributed by atoms with Crippen molar-refractivity contribution in [2.24, 2.45) is 0 Å². The van der Waals surface area contributed by atoms with E-state index in [0.29, 0.717) is 11.3 Å². The molecule has 6 nitrogen and oxygen atoms in total. The Bertz CT molecular complexity index is 1220. The van der Waals surface area contributed by atoms with Crippen LogP contribution in [-0.4, -0.2) is 33.3 Å². The molecule has 1 aliphatic heterocycles. The van der Waals surface area contributed by atoms with Crippen LogP contribution in [0.1, 0.15) is 22.7 Å². The van der Waals surface area contributed by atoms with Crippen molar-refractivity contribution >= 4 is 17.4 Å². The van der Waals surface area contributed by atoms with Crippen molar-refractivity contribution in [3.8, 4) is 5.75 Å². The number of Topliss-reactive ketones (excluding diaryl/α,β-unsaturated/α-hetero) is 1. The van der Waals surface area contributed by atoms with Gasteiger partial charge < -0.3 is 14.7 Å². The Morgan fingerprint density at radius 3 is 2.64 bits per heavy atom. The minimum Gasteiger partial charge on any atom is -0.507 e. The lowest BCUT2D eigenvalue weighted by Gasteiger charge is -2.25. The Morgan fingerprint density at radius 2 is 1.94 bits per heavy atom. The van der Waals surface area contributed by atoms with Gasteiger partial charge in [-0.2, -0.15) is 0 Å². The van der Waals surface area contributed by atoms with Crippen LogP contribution in [0.15, 0.2) is 91.3 Å². The highest BCUT2D eigenvalue weighted by atomic mass is 19.1. The summed E-state index contributed by atoms with van der Waals surface area (Å²) < 4.78 is 19.0. The molecule has 1 saturated heterocycles. The second-order valence-electron chi connectivity index (χ2n) is 7.47. The predicted octanol–water partition coefficient (Wildman–Crippen LogP) is 4.41. The van der Waals surface area contributed by atoms with Gasteiger partial charge in [-0.05, 0) is 53.6 Å². The molecule has 0 bridgehead atoms. The molecule has 1 atom stereocenters. The van der Waals surface area contributed by atoms with Gasteiger partial charge in [0.25, 0.3) is 11.7 Å². The van der Waals surface area contributed by atoms with Crippen LogP contribution in [0, 0.1) is 5.82 Å². The number of aliphatic hydroxyl groups excluding tert-OH is 1. The quantitative estimate of drug-likeness (QED) is 0.253.